The third-order valence-electron chi connectivity index (χ3n) is 7.66. The molecule has 0 spiro atoms. The molecule has 3 heterocycles. The van der Waals surface area contributed by atoms with E-state index >= 15 is 0 Å². The lowest BCUT2D eigenvalue weighted by atomic mass is 9.95. The van der Waals surface area contributed by atoms with Crippen LogP contribution in [-0.2, 0) is 11.2 Å². The minimum atomic E-state index is 0.0329. The van der Waals surface area contributed by atoms with Crippen molar-refractivity contribution in [2.24, 2.45) is 11.3 Å². The Morgan fingerprint density at radius 1 is 1.09 bits per heavy atom. The van der Waals surface area contributed by atoms with Crippen LogP contribution in [0.15, 0.2) is 48.7 Å². The number of pyridine rings is 1. The number of fused-ring (bicyclic) bond motifs is 1. The number of carbonyl (C=O) groups excluding carboxylic acids is 1. The summed E-state index contributed by atoms with van der Waals surface area (Å²) in [6, 6.07) is 14.4. The van der Waals surface area contributed by atoms with E-state index in [4.69, 9.17) is 4.98 Å². The van der Waals surface area contributed by atoms with Crippen molar-refractivity contribution in [3.63, 3.8) is 0 Å². The fourth-order valence-corrected chi connectivity index (χ4v) is 5.35. The average Bonchev–Trinajstić information content (AvgIpc) is 3.53. The van der Waals surface area contributed by atoms with Crippen molar-refractivity contribution in [3.8, 4) is 0 Å². The van der Waals surface area contributed by atoms with Crippen LogP contribution < -0.4 is 10.2 Å². The van der Waals surface area contributed by atoms with E-state index in [-0.39, 0.29) is 5.91 Å². The Balaban J connectivity index is 1.10. The number of benzene rings is 1. The van der Waals surface area contributed by atoms with Crippen LogP contribution in [0.5, 0.6) is 0 Å². The summed E-state index contributed by atoms with van der Waals surface area (Å²) in [4.78, 5) is 28.7. The molecule has 1 aromatic carbocycles. The standard InChI is InChI=1S/C28H35N5O/c1-28(16-8-11-21-9-4-2-5-10-21)19-22(28)12-15-26(34)30-24-14-13-23-27(31-24)32-25(20-29-23)33-17-6-3-7-18-33/h2,4-5,9-10,13-14,20,22H,3,6-8,11-12,15-19H2,1H3,(H,30,31,32,34)/t22-,28-/m0/s1. The zero-order chi connectivity index (χ0) is 23.4. The van der Waals surface area contributed by atoms with Crippen molar-refractivity contribution in [3.05, 3.63) is 54.2 Å². The summed E-state index contributed by atoms with van der Waals surface area (Å²) in [6.07, 6.45) is 11.8. The molecule has 0 unspecified atom stereocenters. The van der Waals surface area contributed by atoms with Gasteiger partial charge in [-0.1, -0.05) is 37.3 Å². The lowest BCUT2D eigenvalue weighted by Gasteiger charge is -2.27. The van der Waals surface area contributed by atoms with Crippen molar-refractivity contribution in [1.29, 1.82) is 0 Å². The second-order valence-corrected chi connectivity index (χ2v) is 10.3. The summed E-state index contributed by atoms with van der Waals surface area (Å²) in [5, 5.41) is 2.98. The molecular formula is C28H35N5O. The molecule has 6 heteroatoms. The van der Waals surface area contributed by atoms with Crippen LogP contribution in [0.3, 0.4) is 0 Å². The van der Waals surface area contributed by atoms with Gasteiger partial charge in [-0.05, 0) is 80.4 Å². The first-order valence-electron chi connectivity index (χ1n) is 12.8. The van der Waals surface area contributed by atoms with Gasteiger partial charge in [0.25, 0.3) is 0 Å². The van der Waals surface area contributed by atoms with Gasteiger partial charge in [-0.25, -0.2) is 15.0 Å². The van der Waals surface area contributed by atoms with Gasteiger partial charge < -0.3 is 10.2 Å². The second kappa shape index (κ2) is 10.1. The van der Waals surface area contributed by atoms with E-state index in [1.54, 1.807) is 0 Å². The molecule has 1 saturated carbocycles. The Hall–Kier alpha value is -3.02. The predicted molar refractivity (Wildman–Crippen MR) is 137 cm³/mol. The lowest BCUT2D eigenvalue weighted by molar-refractivity contribution is -0.116. The molecule has 34 heavy (non-hydrogen) atoms. The van der Waals surface area contributed by atoms with E-state index < -0.39 is 0 Å². The highest BCUT2D eigenvalue weighted by Gasteiger charge is 2.48. The molecule has 3 aromatic rings. The first-order chi connectivity index (χ1) is 16.6. The maximum atomic E-state index is 12.6. The first kappa shape index (κ1) is 22.8. The van der Waals surface area contributed by atoms with E-state index in [2.05, 4.69) is 57.4 Å². The lowest BCUT2D eigenvalue weighted by Crippen LogP contribution is -2.30. The van der Waals surface area contributed by atoms with Crippen molar-refractivity contribution < 1.29 is 4.79 Å². The van der Waals surface area contributed by atoms with E-state index in [1.165, 1.54) is 44.1 Å². The number of aromatic nitrogens is 3. The van der Waals surface area contributed by atoms with Gasteiger partial charge in [0, 0.05) is 19.5 Å². The van der Waals surface area contributed by atoms with Gasteiger partial charge in [0.2, 0.25) is 5.91 Å². The number of hydrogen-bond donors (Lipinski definition) is 1. The quantitative estimate of drug-likeness (QED) is 0.441. The number of piperidine rings is 1. The summed E-state index contributed by atoms with van der Waals surface area (Å²) in [5.74, 6) is 2.12. The van der Waals surface area contributed by atoms with Crippen molar-refractivity contribution >= 4 is 28.7 Å². The Labute approximate surface area is 202 Å². The van der Waals surface area contributed by atoms with Crippen molar-refractivity contribution in [2.75, 3.05) is 23.3 Å². The summed E-state index contributed by atoms with van der Waals surface area (Å²) in [6.45, 7) is 4.41. The molecule has 1 saturated heterocycles. The van der Waals surface area contributed by atoms with Crippen LogP contribution in [0.1, 0.15) is 63.9 Å². The molecule has 0 bridgehead atoms. The largest absolute Gasteiger partial charge is 0.355 e. The molecule has 2 fully saturated rings. The number of nitrogens with zero attached hydrogens (tertiary/aromatic N) is 4. The van der Waals surface area contributed by atoms with Gasteiger partial charge in [-0.2, -0.15) is 0 Å². The molecule has 2 aromatic heterocycles. The maximum Gasteiger partial charge on any atom is 0.225 e. The third kappa shape index (κ3) is 5.54. The number of anilines is 2. The zero-order valence-electron chi connectivity index (χ0n) is 20.2. The second-order valence-electron chi connectivity index (χ2n) is 10.3. The van der Waals surface area contributed by atoms with E-state index in [1.807, 2.05) is 18.3 Å². The Bertz CT molecular complexity index is 1130. The molecule has 2 aliphatic rings. The summed E-state index contributed by atoms with van der Waals surface area (Å²) >= 11 is 0. The summed E-state index contributed by atoms with van der Waals surface area (Å²) < 4.78 is 0. The van der Waals surface area contributed by atoms with Crippen molar-refractivity contribution in [2.45, 2.75) is 64.7 Å². The SMILES string of the molecule is C[C@]1(CCCc2ccccc2)C[C@@H]1CCC(=O)Nc1ccc2ncc(N3CCCCC3)nc2n1. The molecule has 5 rings (SSSR count). The summed E-state index contributed by atoms with van der Waals surface area (Å²) in [7, 11) is 0. The average molecular weight is 458 g/mol. The fraction of sp³-hybridized carbons (Fsp3) is 0.500. The highest BCUT2D eigenvalue weighted by atomic mass is 16.1. The normalized spacial score (nSPS) is 22.0. The van der Waals surface area contributed by atoms with Gasteiger partial charge in [0.1, 0.15) is 17.2 Å². The minimum absolute atomic E-state index is 0.0329. The van der Waals surface area contributed by atoms with Crippen LogP contribution in [0.2, 0.25) is 0 Å². The van der Waals surface area contributed by atoms with Gasteiger partial charge in [0.05, 0.1) is 6.20 Å². The van der Waals surface area contributed by atoms with E-state index in [0.29, 0.717) is 29.2 Å². The summed E-state index contributed by atoms with van der Waals surface area (Å²) in [5.41, 5.74) is 3.16. The number of hydrogen-bond acceptors (Lipinski definition) is 5. The molecule has 178 valence electrons. The maximum absolute atomic E-state index is 12.6. The smallest absolute Gasteiger partial charge is 0.225 e. The van der Waals surface area contributed by atoms with Gasteiger partial charge in [-0.3, -0.25) is 4.79 Å². The molecule has 1 aliphatic heterocycles. The molecular weight excluding hydrogens is 422 g/mol. The van der Waals surface area contributed by atoms with Gasteiger partial charge in [-0.15, -0.1) is 0 Å². The first-order valence-corrected chi connectivity index (χ1v) is 12.8. The minimum Gasteiger partial charge on any atom is -0.355 e. The Morgan fingerprint density at radius 2 is 1.91 bits per heavy atom. The molecule has 2 atom stereocenters. The predicted octanol–water partition coefficient (Wildman–Crippen LogP) is 5.78. The van der Waals surface area contributed by atoms with Crippen molar-refractivity contribution in [1.82, 2.24) is 15.0 Å². The molecule has 1 amide bonds. The fourth-order valence-electron chi connectivity index (χ4n) is 5.35. The van der Waals surface area contributed by atoms with Gasteiger partial charge in [0.15, 0.2) is 5.65 Å². The number of nitrogens with one attached hydrogen (secondary N) is 1. The number of amides is 1. The monoisotopic (exact) mass is 457 g/mol. The van der Waals surface area contributed by atoms with Crippen LogP contribution in [-0.4, -0.2) is 33.9 Å². The van der Waals surface area contributed by atoms with Crippen LogP contribution >= 0.6 is 0 Å². The van der Waals surface area contributed by atoms with E-state index in [0.717, 1.165) is 37.3 Å². The molecule has 1 aliphatic carbocycles. The third-order valence-corrected chi connectivity index (χ3v) is 7.66. The highest BCUT2D eigenvalue weighted by Crippen LogP contribution is 2.57. The molecule has 0 radical (unpaired) electrons. The van der Waals surface area contributed by atoms with Gasteiger partial charge >= 0.3 is 0 Å². The topological polar surface area (TPSA) is 71.0 Å². The molecule has 1 N–H and O–H groups in total. The molecule has 6 nitrogen and oxygen atoms in total. The van der Waals surface area contributed by atoms with Crippen LogP contribution in [0.25, 0.3) is 11.2 Å². The number of carbonyl (C=O) groups is 1. The van der Waals surface area contributed by atoms with Crippen LogP contribution in [0.4, 0.5) is 11.6 Å². The Kier molecular flexibility index (Phi) is 6.75. The van der Waals surface area contributed by atoms with E-state index in [9.17, 15) is 4.79 Å². The highest BCUT2D eigenvalue weighted by molar-refractivity contribution is 5.90. The number of rotatable bonds is 9. The van der Waals surface area contributed by atoms with Crippen LogP contribution in [0, 0.1) is 11.3 Å². The zero-order valence-corrected chi connectivity index (χ0v) is 20.2. The Morgan fingerprint density at radius 3 is 2.74 bits per heavy atom. The number of aryl methyl sites for hydroxylation is 1.